The Kier molecular flexibility index (Phi) is 5.99. The molecule has 2 aromatic rings. The van der Waals surface area contributed by atoms with Crippen LogP contribution in [-0.4, -0.2) is 24.4 Å². The average molecular weight is 299 g/mol. The van der Waals surface area contributed by atoms with E-state index < -0.39 is 6.10 Å². The largest absolute Gasteiger partial charge is 0.491 e. The Balaban J connectivity index is 1.77. The molecule has 0 saturated carbocycles. The molecule has 0 aliphatic heterocycles. The fraction of sp³-hybridized carbons (Fsp3) is 0.368. The Bertz CT molecular complexity index is 583. The second-order valence-electron chi connectivity index (χ2n) is 5.77. The van der Waals surface area contributed by atoms with E-state index in [4.69, 9.17) is 4.74 Å². The summed E-state index contributed by atoms with van der Waals surface area (Å²) in [5.74, 6) is 0.834. The average Bonchev–Trinajstić information content (AvgIpc) is 2.52. The van der Waals surface area contributed by atoms with Crippen molar-refractivity contribution in [3.05, 3.63) is 65.2 Å². The van der Waals surface area contributed by atoms with E-state index in [-0.39, 0.29) is 6.04 Å². The maximum absolute atomic E-state index is 10.1. The number of hydrogen-bond acceptors (Lipinski definition) is 3. The van der Waals surface area contributed by atoms with Crippen molar-refractivity contribution in [3.63, 3.8) is 0 Å². The van der Waals surface area contributed by atoms with E-state index in [0.717, 1.165) is 11.3 Å². The van der Waals surface area contributed by atoms with Crippen LogP contribution in [0.1, 0.15) is 29.7 Å². The van der Waals surface area contributed by atoms with Crippen molar-refractivity contribution in [2.45, 2.75) is 32.9 Å². The van der Waals surface area contributed by atoms with Crippen LogP contribution in [0.25, 0.3) is 0 Å². The second kappa shape index (κ2) is 7.97. The predicted molar refractivity (Wildman–Crippen MR) is 90.3 cm³/mol. The zero-order valence-corrected chi connectivity index (χ0v) is 13.5. The molecule has 0 unspecified atom stereocenters. The van der Waals surface area contributed by atoms with Gasteiger partial charge in [-0.1, -0.05) is 48.0 Å². The van der Waals surface area contributed by atoms with Crippen LogP contribution in [0.15, 0.2) is 48.5 Å². The van der Waals surface area contributed by atoms with Crippen LogP contribution in [0.3, 0.4) is 0 Å². The molecule has 0 radical (unpaired) electrons. The molecular formula is C19H25NO2. The van der Waals surface area contributed by atoms with Crippen LogP contribution in [0, 0.1) is 13.8 Å². The van der Waals surface area contributed by atoms with E-state index in [2.05, 4.69) is 37.4 Å². The smallest absolute Gasteiger partial charge is 0.122 e. The van der Waals surface area contributed by atoms with Crippen LogP contribution < -0.4 is 10.1 Å². The third-order valence-electron chi connectivity index (χ3n) is 3.72. The van der Waals surface area contributed by atoms with E-state index in [9.17, 15) is 5.11 Å². The summed E-state index contributed by atoms with van der Waals surface area (Å²) >= 11 is 0. The van der Waals surface area contributed by atoms with Gasteiger partial charge in [-0.15, -0.1) is 0 Å². The van der Waals surface area contributed by atoms with Gasteiger partial charge in [-0.2, -0.15) is 0 Å². The minimum Gasteiger partial charge on any atom is -0.491 e. The number of aryl methyl sites for hydroxylation is 2. The molecule has 22 heavy (non-hydrogen) atoms. The predicted octanol–water partition coefficient (Wildman–Crippen LogP) is 3.39. The van der Waals surface area contributed by atoms with Gasteiger partial charge in [0.1, 0.15) is 18.5 Å². The van der Waals surface area contributed by atoms with Crippen LogP contribution in [0.5, 0.6) is 5.75 Å². The first kappa shape index (κ1) is 16.5. The Labute approximate surface area is 133 Å². The highest BCUT2D eigenvalue weighted by atomic mass is 16.5. The zero-order chi connectivity index (χ0) is 15.9. The van der Waals surface area contributed by atoms with Gasteiger partial charge in [0.15, 0.2) is 0 Å². The van der Waals surface area contributed by atoms with Crippen molar-refractivity contribution < 1.29 is 9.84 Å². The highest BCUT2D eigenvalue weighted by Gasteiger charge is 2.10. The molecule has 0 fully saturated rings. The lowest BCUT2D eigenvalue weighted by Gasteiger charge is -2.18. The lowest BCUT2D eigenvalue weighted by Crippen LogP contribution is -2.33. The first-order valence-electron chi connectivity index (χ1n) is 7.72. The summed E-state index contributed by atoms with van der Waals surface area (Å²) in [6.07, 6.45) is -0.535. The molecule has 0 amide bonds. The lowest BCUT2D eigenvalue weighted by molar-refractivity contribution is 0.104. The summed E-state index contributed by atoms with van der Waals surface area (Å²) in [4.78, 5) is 0. The molecule has 2 aromatic carbocycles. The Morgan fingerprint density at radius 1 is 1.09 bits per heavy atom. The number of benzene rings is 2. The van der Waals surface area contributed by atoms with Crippen molar-refractivity contribution in [1.82, 2.24) is 5.32 Å². The third-order valence-corrected chi connectivity index (χ3v) is 3.72. The van der Waals surface area contributed by atoms with Gasteiger partial charge in [0, 0.05) is 12.6 Å². The van der Waals surface area contributed by atoms with Crippen molar-refractivity contribution in [2.75, 3.05) is 13.2 Å². The fourth-order valence-electron chi connectivity index (χ4n) is 2.38. The molecule has 2 N–H and O–H groups in total. The van der Waals surface area contributed by atoms with Crippen LogP contribution >= 0.6 is 0 Å². The zero-order valence-electron chi connectivity index (χ0n) is 13.5. The van der Waals surface area contributed by atoms with E-state index in [1.807, 2.05) is 37.3 Å². The Morgan fingerprint density at radius 2 is 1.82 bits per heavy atom. The highest BCUT2D eigenvalue weighted by Crippen LogP contribution is 2.18. The van der Waals surface area contributed by atoms with E-state index >= 15 is 0 Å². The first-order valence-corrected chi connectivity index (χ1v) is 7.72. The molecule has 0 aliphatic rings. The van der Waals surface area contributed by atoms with Gasteiger partial charge in [0.25, 0.3) is 0 Å². The number of aliphatic hydroxyl groups is 1. The molecule has 2 atom stereocenters. The van der Waals surface area contributed by atoms with Gasteiger partial charge in [0.05, 0.1) is 0 Å². The number of hydrogen-bond donors (Lipinski definition) is 2. The van der Waals surface area contributed by atoms with Gasteiger partial charge in [-0.25, -0.2) is 0 Å². The monoisotopic (exact) mass is 299 g/mol. The van der Waals surface area contributed by atoms with E-state index in [1.54, 1.807) is 0 Å². The highest BCUT2D eigenvalue weighted by molar-refractivity contribution is 5.35. The molecule has 0 saturated heterocycles. The van der Waals surface area contributed by atoms with Gasteiger partial charge >= 0.3 is 0 Å². The van der Waals surface area contributed by atoms with Crippen molar-refractivity contribution in [2.24, 2.45) is 0 Å². The SMILES string of the molecule is Cc1ccc(OC[C@H](O)CN[C@H](C)c2ccccc2)c(C)c1. The molecule has 3 nitrogen and oxygen atoms in total. The summed E-state index contributed by atoms with van der Waals surface area (Å²) in [6.45, 7) is 6.96. The quantitative estimate of drug-likeness (QED) is 0.823. The van der Waals surface area contributed by atoms with E-state index in [0.29, 0.717) is 13.2 Å². The van der Waals surface area contributed by atoms with Crippen molar-refractivity contribution in [1.29, 1.82) is 0 Å². The van der Waals surface area contributed by atoms with Crippen molar-refractivity contribution in [3.8, 4) is 5.75 Å². The molecule has 118 valence electrons. The topological polar surface area (TPSA) is 41.5 Å². The molecule has 3 heteroatoms. The minimum absolute atomic E-state index is 0.206. The van der Waals surface area contributed by atoms with E-state index in [1.165, 1.54) is 11.1 Å². The molecule has 0 spiro atoms. The Hall–Kier alpha value is -1.84. The van der Waals surface area contributed by atoms with Crippen LogP contribution in [0.4, 0.5) is 0 Å². The third kappa shape index (κ3) is 4.86. The molecule has 0 bridgehead atoms. The number of nitrogens with one attached hydrogen (secondary N) is 1. The molecular weight excluding hydrogens is 274 g/mol. The summed E-state index contributed by atoms with van der Waals surface area (Å²) in [7, 11) is 0. The van der Waals surface area contributed by atoms with Gasteiger partial charge in [0.2, 0.25) is 0 Å². The number of rotatable bonds is 7. The normalized spacial score (nSPS) is 13.6. The van der Waals surface area contributed by atoms with Gasteiger partial charge < -0.3 is 15.2 Å². The summed E-state index contributed by atoms with van der Waals surface area (Å²) in [5.41, 5.74) is 3.52. The molecule has 0 heterocycles. The minimum atomic E-state index is -0.535. The summed E-state index contributed by atoms with van der Waals surface area (Å²) in [5, 5.41) is 13.4. The second-order valence-corrected chi connectivity index (χ2v) is 5.77. The van der Waals surface area contributed by atoms with Crippen LogP contribution in [-0.2, 0) is 0 Å². The van der Waals surface area contributed by atoms with Gasteiger partial charge in [-0.05, 0) is 38.0 Å². The van der Waals surface area contributed by atoms with Crippen molar-refractivity contribution >= 4 is 0 Å². The number of aliphatic hydroxyl groups excluding tert-OH is 1. The first-order chi connectivity index (χ1) is 10.6. The fourth-order valence-corrected chi connectivity index (χ4v) is 2.38. The lowest BCUT2D eigenvalue weighted by atomic mass is 10.1. The molecule has 0 aliphatic carbocycles. The molecule has 2 rings (SSSR count). The Morgan fingerprint density at radius 3 is 2.50 bits per heavy atom. The molecule has 0 aromatic heterocycles. The van der Waals surface area contributed by atoms with Crippen LogP contribution in [0.2, 0.25) is 0 Å². The standard InChI is InChI=1S/C19H25NO2/c1-14-9-10-19(15(2)11-14)22-13-18(21)12-20-16(3)17-7-5-4-6-8-17/h4-11,16,18,20-21H,12-13H2,1-3H3/t16-,18-/m1/s1. The maximum Gasteiger partial charge on any atom is 0.122 e. The van der Waals surface area contributed by atoms with Gasteiger partial charge in [-0.3, -0.25) is 0 Å². The summed E-state index contributed by atoms with van der Waals surface area (Å²) in [6, 6.07) is 16.5. The summed E-state index contributed by atoms with van der Waals surface area (Å²) < 4.78 is 5.70. The number of ether oxygens (including phenoxy) is 1. The maximum atomic E-state index is 10.1.